The van der Waals surface area contributed by atoms with E-state index in [0.29, 0.717) is 16.6 Å². The fourth-order valence-corrected chi connectivity index (χ4v) is 2.07. The van der Waals surface area contributed by atoms with Gasteiger partial charge in [-0.05, 0) is 18.2 Å². The van der Waals surface area contributed by atoms with Gasteiger partial charge in [-0.3, -0.25) is 20.2 Å². The predicted octanol–water partition coefficient (Wildman–Crippen LogP) is 2.46. The predicted molar refractivity (Wildman–Crippen MR) is 96.0 cm³/mol. The normalized spacial score (nSPS) is 11.0. The van der Waals surface area contributed by atoms with Crippen LogP contribution in [0.15, 0.2) is 53.5 Å². The fraction of sp³-hybridized carbons (Fsp3) is 0. The monoisotopic (exact) mass is 360 g/mol. The average Bonchev–Trinajstić information content (AvgIpc) is 2.96. The number of nitrogens with zero attached hydrogens (tertiary/aromatic N) is 3. The Bertz CT molecular complexity index is 954. The third-order valence-corrected chi connectivity index (χ3v) is 3.17. The van der Waals surface area contributed by atoms with Gasteiger partial charge in [0.05, 0.1) is 16.0 Å². The van der Waals surface area contributed by atoms with Crippen molar-refractivity contribution in [1.82, 2.24) is 9.97 Å². The molecule has 1 amide bonds. The van der Waals surface area contributed by atoms with Crippen LogP contribution < -0.4 is 11.1 Å². The Hall–Kier alpha value is -3.46. The molecule has 0 bridgehead atoms. The molecule has 3 aromatic rings. The number of carbonyl (C=O) groups is 1. The molecule has 2 aromatic carbocycles. The number of carbonyl (C=O) groups excluding carboxylic acids is 1. The van der Waals surface area contributed by atoms with E-state index in [4.69, 9.17) is 5.73 Å². The zero-order chi connectivity index (χ0) is 17.1. The number of aliphatic imine (C=N–C) groups is 1. The maximum Gasteiger partial charge on any atom is 0.280 e. The smallest absolute Gasteiger partial charge is 0.280 e. The second kappa shape index (κ2) is 7.41. The molecule has 0 aliphatic carbocycles. The molecule has 25 heavy (non-hydrogen) atoms. The lowest BCUT2D eigenvalue weighted by atomic mass is 10.2. The van der Waals surface area contributed by atoms with Crippen molar-refractivity contribution < 1.29 is 9.72 Å². The summed E-state index contributed by atoms with van der Waals surface area (Å²) in [5.41, 5.74) is 7.02. The molecule has 128 valence electrons. The topological polar surface area (TPSA) is 139 Å². The number of rotatable bonds is 3. The number of benzene rings is 2. The van der Waals surface area contributed by atoms with Gasteiger partial charge in [-0.2, -0.15) is 4.99 Å². The minimum Gasteiger partial charge on any atom is -0.369 e. The van der Waals surface area contributed by atoms with Gasteiger partial charge in [-0.15, -0.1) is 12.4 Å². The van der Waals surface area contributed by atoms with Gasteiger partial charge in [0, 0.05) is 17.7 Å². The molecule has 10 heteroatoms. The van der Waals surface area contributed by atoms with Crippen LogP contribution in [0.3, 0.4) is 0 Å². The number of hydrogen-bond donors (Lipinski definition) is 3. The van der Waals surface area contributed by atoms with Gasteiger partial charge in [-0.1, -0.05) is 18.2 Å². The molecule has 0 saturated carbocycles. The summed E-state index contributed by atoms with van der Waals surface area (Å²) in [6, 6.07) is 12.7. The summed E-state index contributed by atoms with van der Waals surface area (Å²) in [7, 11) is 0. The van der Waals surface area contributed by atoms with Gasteiger partial charge in [0.2, 0.25) is 11.9 Å². The number of H-pyrrole nitrogens is 1. The van der Waals surface area contributed by atoms with Crippen molar-refractivity contribution in [3.63, 3.8) is 0 Å². The number of nitrogens with two attached hydrogens (primary N) is 1. The van der Waals surface area contributed by atoms with Crippen molar-refractivity contribution in [2.75, 3.05) is 5.32 Å². The fourth-order valence-electron chi connectivity index (χ4n) is 2.07. The SMILES string of the molecule is Cl.NC(=NC(=O)c1ccccc1)Nc1nc2cc([N+](=O)[O-])ccc2[nH]1. The number of guanidine groups is 1. The van der Waals surface area contributed by atoms with Crippen molar-refractivity contribution in [2.45, 2.75) is 0 Å². The second-order valence-electron chi connectivity index (χ2n) is 4.84. The lowest BCUT2D eigenvalue weighted by Gasteiger charge is -2.01. The lowest BCUT2D eigenvalue weighted by molar-refractivity contribution is -0.384. The number of fused-ring (bicyclic) bond motifs is 1. The Labute approximate surface area is 147 Å². The lowest BCUT2D eigenvalue weighted by Crippen LogP contribution is -2.24. The zero-order valence-corrected chi connectivity index (χ0v) is 13.5. The van der Waals surface area contributed by atoms with E-state index in [1.807, 2.05) is 0 Å². The van der Waals surface area contributed by atoms with Gasteiger partial charge in [0.25, 0.3) is 11.6 Å². The van der Waals surface area contributed by atoms with Gasteiger partial charge in [0.1, 0.15) is 0 Å². The number of nitro groups is 1. The van der Waals surface area contributed by atoms with E-state index in [9.17, 15) is 14.9 Å². The van der Waals surface area contributed by atoms with E-state index in [2.05, 4.69) is 20.3 Å². The molecule has 0 unspecified atom stereocenters. The standard InChI is InChI=1S/C15H12N6O3.ClH/c16-14(19-13(22)9-4-2-1-3-5-9)20-15-17-11-7-6-10(21(23)24)8-12(11)18-15;/h1-8H,(H4,16,17,18,19,20,22);1H. The van der Waals surface area contributed by atoms with E-state index in [0.717, 1.165) is 0 Å². The molecule has 0 radical (unpaired) electrons. The molecule has 0 spiro atoms. The molecule has 0 atom stereocenters. The number of non-ortho nitro benzene ring substituents is 1. The maximum absolute atomic E-state index is 11.9. The van der Waals surface area contributed by atoms with Crippen molar-refractivity contribution >= 4 is 46.9 Å². The van der Waals surface area contributed by atoms with Crippen molar-refractivity contribution in [2.24, 2.45) is 10.7 Å². The summed E-state index contributed by atoms with van der Waals surface area (Å²) in [6.45, 7) is 0. The van der Waals surface area contributed by atoms with Crippen LogP contribution in [0.1, 0.15) is 10.4 Å². The highest BCUT2D eigenvalue weighted by atomic mass is 35.5. The zero-order valence-electron chi connectivity index (χ0n) is 12.7. The van der Waals surface area contributed by atoms with Crippen molar-refractivity contribution in [3.05, 3.63) is 64.2 Å². The number of aromatic nitrogens is 2. The highest BCUT2D eigenvalue weighted by molar-refractivity contribution is 6.05. The van der Waals surface area contributed by atoms with E-state index in [1.165, 1.54) is 18.2 Å². The van der Waals surface area contributed by atoms with Gasteiger partial charge >= 0.3 is 0 Å². The quantitative estimate of drug-likeness (QED) is 0.283. The molecule has 1 aromatic heterocycles. The second-order valence-corrected chi connectivity index (χ2v) is 4.84. The van der Waals surface area contributed by atoms with Crippen LogP contribution in [0.5, 0.6) is 0 Å². The molecule has 0 aliphatic rings. The number of amides is 1. The molecule has 1 heterocycles. The Morgan fingerprint density at radius 1 is 1.24 bits per heavy atom. The first kappa shape index (κ1) is 17.9. The van der Waals surface area contributed by atoms with Gasteiger partial charge in [-0.25, -0.2) is 4.98 Å². The molecule has 0 saturated heterocycles. The van der Waals surface area contributed by atoms with Crippen molar-refractivity contribution in [1.29, 1.82) is 0 Å². The average molecular weight is 361 g/mol. The molecule has 3 rings (SSSR count). The minimum atomic E-state index is -0.504. The van der Waals surface area contributed by atoms with E-state index >= 15 is 0 Å². The van der Waals surface area contributed by atoms with E-state index < -0.39 is 10.8 Å². The Balaban J connectivity index is 0.00000225. The number of hydrogen-bond acceptors (Lipinski definition) is 4. The number of anilines is 1. The molecule has 0 aliphatic heterocycles. The summed E-state index contributed by atoms with van der Waals surface area (Å²) in [4.78, 5) is 32.9. The number of halogens is 1. The van der Waals surface area contributed by atoms with Crippen LogP contribution in [-0.2, 0) is 0 Å². The van der Waals surface area contributed by atoms with Crippen LogP contribution in [0.2, 0.25) is 0 Å². The summed E-state index contributed by atoms with van der Waals surface area (Å²) < 4.78 is 0. The van der Waals surface area contributed by atoms with Gasteiger partial charge in [0.15, 0.2) is 0 Å². The Morgan fingerprint density at radius 3 is 2.64 bits per heavy atom. The third-order valence-electron chi connectivity index (χ3n) is 3.17. The highest BCUT2D eigenvalue weighted by Crippen LogP contribution is 2.20. The van der Waals surface area contributed by atoms with Crippen molar-refractivity contribution in [3.8, 4) is 0 Å². The minimum absolute atomic E-state index is 0. The number of nitrogens with one attached hydrogen (secondary N) is 2. The maximum atomic E-state index is 11.9. The van der Waals surface area contributed by atoms with Gasteiger partial charge < -0.3 is 10.7 Å². The number of imidazole rings is 1. The van der Waals surface area contributed by atoms with Crippen LogP contribution >= 0.6 is 12.4 Å². The first-order valence-corrected chi connectivity index (χ1v) is 6.87. The first-order chi connectivity index (χ1) is 11.5. The summed E-state index contributed by atoms with van der Waals surface area (Å²) in [6.07, 6.45) is 0. The largest absolute Gasteiger partial charge is 0.369 e. The Morgan fingerprint density at radius 2 is 1.96 bits per heavy atom. The molecule has 9 nitrogen and oxygen atoms in total. The molecule has 0 fully saturated rings. The summed E-state index contributed by atoms with van der Waals surface area (Å²) in [5.74, 6) is -0.405. The number of nitro benzene ring substituents is 1. The van der Waals surface area contributed by atoms with Crippen LogP contribution in [0.4, 0.5) is 11.6 Å². The molecule has 4 N–H and O–H groups in total. The highest BCUT2D eigenvalue weighted by Gasteiger charge is 2.11. The number of aromatic amines is 1. The van der Waals surface area contributed by atoms with E-state index in [-0.39, 0.29) is 30.0 Å². The molecular formula is C15H13ClN6O3. The first-order valence-electron chi connectivity index (χ1n) is 6.87. The van der Waals surface area contributed by atoms with E-state index in [1.54, 1.807) is 30.3 Å². The Kier molecular flexibility index (Phi) is 5.30. The van der Waals surface area contributed by atoms with Crippen LogP contribution in [0.25, 0.3) is 11.0 Å². The summed E-state index contributed by atoms with van der Waals surface area (Å²) >= 11 is 0. The van der Waals surface area contributed by atoms with Crippen LogP contribution in [-0.4, -0.2) is 26.8 Å². The van der Waals surface area contributed by atoms with Crippen LogP contribution in [0, 0.1) is 10.1 Å². The molecular weight excluding hydrogens is 348 g/mol. The summed E-state index contributed by atoms with van der Waals surface area (Å²) in [5, 5.41) is 13.4. The third kappa shape index (κ3) is 4.09.